The number of rotatable bonds is 4. The van der Waals surface area contributed by atoms with Crippen molar-refractivity contribution >= 4 is 22.8 Å². The summed E-state index contributed by atoms with van der Waals surface area (Å²) in [4.78, 5) is 25.4. The number of amides is 1. The lowest BCUT2D eigenvalue weighted by molar-refractivity contribution is -0.128. The molecule has 2 rings (SSSR count). The molecular weight excluding hydrogens is 290 g/mol. The summed E-state index contributed by atoms with van der Waals surface area (Å²) >= 11 is 5.64. The highest BCUT2D eigenvalue weighted by atomic mass is 35.5. The normalized spacial score (nSPS) is 22.3. The quantitative estimate of drug-likeness (QED) is 0.634. The Balaban J connectivity index is 2.54. The van der Waals surface area contributed by atoms with Crippen LogP contribution < -0.4 is 4.74 Å². The molecule has 1 heterocycles. The molecule has 0 radical (unpaired) electrons. The Morgan fingerprint density at radius 1 is 1.52 bits per heavy atom. The van der Waals surface area contributed by atoms with Crippen molar-refractivity contribution < 1.29 is 14.3 Å². The van der Waals surface area contributed by atoms with E-state index in [4.69, 9.17) is 16.3 Å². The Labute approximate surface area is 129 Å². The molecule has 1 aliphatic rings. The van der Waals surface area contributed by atoms with E-state index in [1.54, 1.807) is 19.1 Å². The van der Waals surface area contributed by atoms with Crippen molar-refractivity contribution in [1.82, 2.24) is 4.90 Å². The first-order chi connectivity index (χ1) is 9.90. The molecule has 112 valence electrons. The van der Waals surface area contributed by atoms with Gasteiger partial charge in [-0.05, 0) is 35.7 Å². The van der Waals surface area contributed by atoms with Crippen molar-refractivity contribution in [3.05, 3.63) is 42.0 Å². The molecule has 1 aromatic rings. The summed E-state index contributed by atoms with van der Waals surface area (Å²) in [5.41, 5.74) is 0.484. The molecule has 5 heteroatoms. The predicted molar refractivity (Wildman–Crippen MR) is 81.5 cm³/mol. The number of likely N-dealkylation sites (tertiary alicyclic amines) is 1. The largest absolute Gasteiger partial charge is 0.497 e. The Bertz CT molecular complexity index is 599. The lowest BCUT2D eigenvalue weighted by atomic mass is 9.67. The van der Waals surface area contributed by atoms with Gasteiger partial charge in [-0.3, -0.25) is 9.59 Å². The average Bonchev–Trinajstić information content (AvgIpc) is 2.48. The topological polar surface area (TPSA) is 46.6 Å². The second-order valence-corrected chi connectivity index (χ2v) is 5.72. The number of carbonyl (C=O) groups is 2. The van der Waals surface area contributed by atoms with E-state index < -0.39 is 10.7 Å². The molecule has 0 bridgehead atoms. The molecule has 21 heavy (non-hydrogen) atoms. The van der Waals surface area contributed by atoms with Crippen molar-refractivity contribution in [2.24, 2.45) is 0 Å². The van der Waals surface area contributed by atoms with Gasteiger partial charge in [-0.1, -0.05) is 18.7 Å². The van der Waals surface area contributed by atoms with Gasteiger partial charge in [0.1, 0.15) is 5.75 Å². The second-order valence-electron chi connectivity index (χ2n) is 5.30. The maximum Gasteiger partial charge on any atom is 0.249 e. The third-order valence-corrected chi connectivity index (χ3v) is 4.25. The molecule has 0 N–H and O–H groups in total. The van der Waals surface area contributed by atoms with Gasteiger partial charge in [-0.15, -0.1) is 0 Å². The van der Waals surface area contributed by atoms with Crippen LogP contribution in [0.1, 0.15) is 18.4 Å². The lowest BCUT2D eigenvalue weighted by Gasteiger charge is -2.41. The van der Waals surface area contributed by atoms with Gasteiger partial charge in [0.15, 0.2) is 0 Å². The Kier molecular flexibility index (Phi) is 4.37. The first-order valence-corrected chi connectivity index (χ1v) is 7.06. The highest BCUT2D eigenvalue weighted by Crippen LogP contribution is 2.43. The third-order valence-electron chi connectivity index (χ3n) is 4.12. The number of ether oxygens (including phenoxy) is 1. The fraction of sp³-hybridized carbons (Fsp3) is 0.375. The molecule has 4 nitrogen and oxygen atoms in total. The first-order valence-electron chi connectivity index (χ1n) is 6.68. The highest BCUT2D eigenvalue weighted by molar-refractivity contribution is 6.63. The minimum atomic E-state index is -0.753. The van der Waals surface area contributed by atoms with Crippen LogP contribution in [0, 0.1) is 0 Å². The molecule has 0 spiro atoms. The van der Waals surface area contributed by atoms with Gasteiger partial charge < -0.3 is 9.64 Å². The standard InChI is InChI=1S/C16H18ClNO3/c1-11-15(20)18(2)8-7-16(11,10-14(17)19)12-5-4-6-13(9-12)21-3/h4-6,9H,1,7-8,10H2,2-3H3. The molecular formula is C16H18ClNO3. The van der Waals surface area contributed by atoms with E-state index in [1.807, 2.05) is 24.3 Å². The van der Waals surface area contributed by atoms with Gasteiger partial charge in [0.25, 0.3) is 0 Å². The minimum Gasteiger partial charge on any atom is -0.497 e. The van der Waals surface area contributed by atoms with E-state index in [2.05, 4.69) is 6.58 Å². The molecule has 1 unspecified atom stereocenters. The van der Waals surface area contributed by atoms with Gasteiger partial charge in [0.05, 0.1) is 7.11 Å². The van der Waals surface area contributed by atoms with Crippen LogP contribution in [-0.2, 0) is 15.0 Å². The number of carbonyl (C=O) groups excluding carboxylic acids is 2. The Morgan fingerprint density at radius 2 is 2.24 bits per heavy atom. The van der Waals surface area contributed by atoms with E-state index in [9.17, 15) is 9.59 Å². The molecule has 0 aromatic heterocycles. The number of halogens is 1. The molecule has 0 saturated carbocycles. The molecule has 1 aliphatic heterocycles. The maximum absolute atomic E-state index is 12.3. The van der Waals surface area contributed by atoms with Gasteiger partial charge in [-0.2, -0.15) is 0 Å². The van der Waals surface area contributed by atoms with Crippen molar-refractivity contribution in [3.8, 4) is 5.75 Å². The number of nitrogens with zero attached hydrogens (tertiary/aromatic N) is 1. The smallest absolute Gasteiger partial charge is 0.249 e. The zero-order valence-corrected chi connectivity index (χ0v) is 12.9. The average molecular weight is 308 g/mol. The van der Waals surface area contributed by atoms with Crippen molar-refractivity contribution in [3.63, 3.8) is 0 Å². The molecule has 1 saturated heterocycles. The summed E-state index contributed by atoms with van der Waals surface area (Å²) < 4.78 is 5.24. The number of hydrogen-bond donors (Lipinski definition) is 0. The summed E-state index contributed by atoms with van der Waals surface area (Å²) in [6, 6.07) is 7.37. The van der Waals surface area contributed by atoms with Gasteiger partial charge in [0, 0.05) is 31.0 Å². The summed E-state index contributed by atoms with van der Waals surface area (Å²) in [6.07, 6.45) is 0.667. The number of likely N-dealkylation sites (N-methyl/N-ethyl adjacent to an activating group) is 1. The fourth-order valence-corrected chi connectivity index (χ4v) is 3.05. The van der Waals surface area contributed by atoms with Gasteiger partial charge in [-0.25, -0.2) is 0 Å². The molecule has 1 atom stereocenters. The van der Waals surface area contributed by atoms with Crippen LogP contribution in [0.2, 0.25) is 0 Å². The van der Waals surface area contributed by atoms with Crippen molar-refractivity contribution in [2.75, 3.05) is 20.7 Å². The minimum absolute atomic E-state index is 0.0557. The van der Waals surface area contributed by atoms with Crippen LogP contribution in [0.25, 0.3) is 0 Å². The number of piperidine rings is 1. The molecule has 1 aromatic carbocycles. The van der Waals surface area contributed by atoms with Crippen LogP contribution in [0.5, 0.6) is 5.75 Å². The maximum atomic E-state index is 12.3. The summed E-state index contributed by atoms with van der Waals surface area (Å²) in [6.45, 7) is 4.50. The number of methoxy groups -OCH3 is 1. The first kappa shape index (κ1) is 15.6. The number of benzene rings is 1. The van der Waals surface area contributed by atoms with E-state index in [-0.39, 0.29) is 12.3 Å². The van der Waals surface area contributed by atoms with Crippen LogP contribution in [0.4, 0.5) is 0 Å². The lowest BCUT2D eigenvalue weighted by Crippen LogP contribution is -2.47. The third kappa shape index (κ3) is 2.81. The van der Waals surface area contributed by atoms with Crippen LogP contribution in [-0.4, -0.2) is 36.8 Å². The summed E-state index contributed by atoms with van der Waals surface area (Å²) in [7, 11) is 3.30. The monoisotopic (exact) mass is 307 g/mol. The van der Waals surface area contributed by atoms with Crippen molar-refractivity contribution in [1.29, 1.82) is 0 Å². The SMILES string of the molecule is C=C1C(=O)N(C)CCC1(CC(=O)Cl)c1cccc(OC)c1. The Hall–Kier alpha value is -1.81. The van der Waals surface area contributed by atoms with E-state index in [0.717, 1.165) is 5.56 Å². The number of hydrogen-bond acceptors (Lipinski definition) is 3. The van der Waals surface area contributed by atoms with Crippen LogP contribution in [0.15, 0.2) is 36.4 Å². The van der Waals surface area contributed by atoms with E-state index in [0.29, 0.717) is 24.3 Å². The van der Waals surface area contributed by atoms with Crippen molar-refractivity contribution in [2.45, 2.75) is 18.3 Å². The van der Waals surface area contributed by atoms with Gasteiger partial charge >= 0.3 is 0 Å². The molecule has 0 aliphatic carbocycles. The summed E-state index contributed by atoms with van der Waals surface area (Å²) in [5.74, 6) is 0.523. The van der Waals surface area contributed by atoms with Crippen LogP contribution in [0.3, 0.4) is 0 Å². The van der Waals surface area contributed by atoms with Crippen LogP contribution >= 0.6 is 11.6 Å². The predicted octanol–water partition coefficient (Wildman–Crippen LogP) is 2.51. The summed E-state index contributed by atoms with van der Waals surface area (Å²) in [5, 5.41) is -0.476. The zero-order valence-electron chi connectivity index (χ0n) is 12.2. The molecule has 1 amide bonds. The van der Waals surface area contributed by atoms with E-state index >= 15 is 0 Å². The molecule has 1 fully saturated rings. The Morgan fingerprint density at radius 3 is 2.86 bits per heavy atom. The fourth-order valence-electron chi connectivity index (χ4n) is 2.82. The van der Waals surface area contributed by atoms with E-state index in [1.165, 1.54) is 0 Å². The second kappa shape index (κ2) is 5.90. The highest BCUT2D eigenvalue weighted by Gasteiger charge is 2.44. The van der Waals surface area contributed by atoms with Gasteiger partial charge in [0.2, 0.25) is 11.1 Å². The zero-order chi connectivity index (χ0) is 15.6.